The van der Waals surface area contributed by atoms with E-state index in [2.05, 4.69) is 5.32 Å². The van der Waals surface area contributed by atoms with Crippen molar-refractivity contribution in [3.8, 4) is 0 Å². The van der Waals surface area contributed by atoms with Crippen LogP contribution in [0.3, 0.4) is 0 Å². The Hall–Kier alpha value is -1.14. The second-order valence-corrected chi connectivity index (χ2v) is 6.28. The van der Waals surface area contributed by atoms with E-state index in [1.807, 2.05) is 13.8 Å². The maximum atomic E-state index is 13.0. The van der Waals surface area contributed by atoms with Crippen LogP contribution in [0.4, 0.5) is 8.78 Å². The molecule has 1 aromatic rings. The van der Waals surface area contributed by atoms with Crippen LogP contribution in [0.1, 0.15) is 27.2 Å². The quantitative estimate of drug-likeness (QED) is 0.759. The minimum Gasteiger partial charge on any atom is -0.480 e. The molecule has 0 aromatic heterocycles. The van der Waals surface area contributed by atoms with E-state index in [0.717, 1.165) is 12.1 Å². The molecule has 1 aromatic carbocycles. The highest BCUT2D eigenvalue weighted by molar-refractivity contribution is 7.99. The first kappa shape index (κ1) is 16.9. The molecular weight excluding hydrogens is 284 g/mol. The highest BCUT2D eigenvalue weighted by atomic mass is 32.2. The van der Waals surface area contributed by atoms with Crippen LogP contribution in [-0.4, -0.2) is 28.4 Å². The average Bonchev–Trinajstić information content (AvgIpc) is 2.32. The van der Waals surface area contributed by atoms with Gasteiger partial charge in [-0.1, -0.05) is 0 Å². The zero-order valence-corrected chi connectivity index (χ0v) is 12.6. The molecule has 6 heteroatoms. The van der Waals surface area contributed by atoms with Gasteiger partial charge in [-0.05, 0) is 45.4 Å². The molecule has 112 valence electrons. The highest BCUT2D eigenvalue weighted by Crippen LogP contribution is 2.24. The third-order valence-electron chi connectivity index (χ3n) is 2.84. The summed E-state index contributed by atoms with van der Waals surface area (Å²) >= 11 is 1.30. The fraction of sp³-hybridized carbons (Fsp3) is 0.500. The minimum atomic E-state index is -1.03. The van der Waals surface area contributed by atoms with Gasteiger partial charge in [0.25, 0.3) is 0 Å². The van der Waals surface area contributed by atoms with Gasteiger partial charge in [0, 0.05) is 16.7 Å². The maximum Gasteiger partial charge on any atom is 0.323 e. The van der Waals surface area contributed by atoms with E-state index in [0.29, 0.717) is 17.1 Å². The summed E-state index contributed by atoms with van der Waals surface area (Å²) in [6.45, 7) is 5.38. The molecule has 1 unspecified atom stereocenters. The Balaban J connectivity index is 2.60. The van der Waals surface area contributed by atoms with Crippen LogP contribution >= 0.6 is 11.8 Å². The van der Waals surface area contributed by atoms with Crippen molar-refractivity contribution >= 4 is 17.7 Å². The zero-order valence-electron chi connectivity index (χ0n) is 11.7. The van der Waals surface area contributed by atoms with Crippen molar-refractivity contribution in [1.82, 2.24) is 5.32 Å². The Bertz CT molecular complexity index is 482. The number of carboxylic acids is 1. The van der Waals surface area contributed by atoms with Gasteiger partial charge < -0.3 is 5.11 Å². The lowest BCUT2D eigenvalue weighted by atomic mass is 9.98. The van der Waals surface area contributed by atoms with E-state index >= 15 is 0 Å². The van der Waals surface area contributed by atoms with E-state index in [1.54, 1.807) is 6.92 Å². The van der Waals surface area contributed by atoms with Crippen LogP contribution in [0.2, 0.25) is 0 Å². The van der Waals surface area contributed by atoms with Crippen molar-refractivity contribution in [2.24, 2.45) is 0 Å². The summed E-state index contributed by atoms with van der Waals surface area (Å²) in [7, 11) is 0. The lowest BCUT2D eigenvalue weighted by Crippen LogP contribution is -2.52. The summed E-state index contributed by atoms with van der Waals surface area (Å²) in [5.74, 6) is -2.20. The molecule has 20 heavy (non-hydrogen) atoms. The SMILES string of the molecule is CC(C)NC(C)(CCSc1ccc(F)c(F)c1)C(=O)O. The summed E-state index contributed by atoms with van der Waals surface area (Å²) < 4.78 is 25.8. The van der Waals surface area contributed by atoms with E-state index in [4.69, 9.17) is 0 Å². The zero-order chi connectivity index (χ0) is 15.3. The van der Waals surface area contributed by atoms with Crippen LogP contribution in [0.5, 0.6) is 0 Å². The van der Waals surface area contributed by atoms with Gasteiger partial charge in [-0.25, -0.2) is 8.78 Å². The van der Waals surface area contributed by atoms with Crippen molar-refractivity contribution in [1.29, 1.82) is 0 Å². The maximum absolute atomic E-state index is 13.0. The number of hydrogen-bond donors (Lipinski definition) is 2. The summed E-state index contributed by atoms with van der Waals surface area (Å²) in [6, 6.07) is 3.72. The molecule has 1 atom stereocenters. The molecule has 0 amide bonds. The van der Waals surface area contributed by atoms with Gasteiger partial charge in [0.2, 0.25) is 0 Å². The third-order valence-corrected chi connectivity index (χ3v) is 3.84. The number of aliphatic carboxylic acids is 1. The van der Waals surface area contributed by atoms with Gasteiger partial charge in [0.05, 0.1) is 0 Å². The monoisotopic (exact) mass is 303 g/mol. The van der Waals surface area contributed by atoms with Crippen LogP contribution in [-0.2, 0) is 4.79 Å². The second-order valence-electron chi connectivity index (χ2n) is 5.11. The number of benzene rings is 1. The molecule has 0 saturated carbocycles. The van der Waals surface area contributed by atoms with Gasteiger partial charge in [-0.2, -0.15) is 0 Å². The molecule has 0 bridgehead atoms. The highest BCUT2D eigenvalue weighted by Gasteiger charge is 2.32. The summed E-state index contributed by atoms with van der Waals surface area (Å²) in [4.78, 5) is 11.9. The standard InChI is InChI=1S/C14H19F2NO2S/c1-9(2)17-14(3,13(18)19)6-7-20-10-4-5-11(15)12(16)8-10/h4-5,8-9,17H,6-7H2,1-3H3,(H,18,19). The Morgan fingerprint density at radius 1 is 1.40 bits per heavy atom. The van der Waals surface area contributed by atoms with E-state index in [1.165, 1.54) is 17.8 Å². The molecule has 2 N–H and O–H groups in total. The Kier molecular flexibility index (Phi) is 5.95. The van der Waals surface area contributed by atoms with Crippen molar-refractivity contribution in [3.05, 3.63) is 29.8 Å². The third kappa shape index (κ3) is 4.76. The van der Waals surface area contributed by atoms with Crippen LogP contribution in [0, 0.1) is 11.6 Å². The first-order chi connectivity index (χ1) is 9.24. The summed E-state index contributed by atoms with van der Waals surface area (Å²) in [5.41, 5.74) is -1.03. The number of rotatable bonds is 7. The number of nitrogens with one attached hydrogen (secondary N) is 1. The molecule has 0 aliphatic heterocycles. The Labute approximate surface area is 121 Å². The molecule has 0 radical (unpaired) electrons. The fourth-order valence-corrected chi connectivity index (χ4v) is 2.91. The lowest BCUT2D eigenvalue weighted by molar-refractivity contribution is -0.144. The average molecular weight is 303 g/mol. The molecule has 0 saturated heterocycles. The van der Waals surface area contributed by atoms with Crippen molar-refractivity contribution < 1.29 is 18.7 Å². The lowest BCUT2D eigenvalue weighted by Gasteiger charge is -2.28. The summed E-state index contributed by atoms with van der Waals surface area (Å²) in [6.07, 6.45) is 0.379. The van der Waals surface area contributed by atoms with Crippen molar-refractivity contribution in [2.45, 2.75) is 43.7 Å². The Morgan fingerprint density at radius 3 is 2.55 bits per heavy atom. The molecular formula is C14H19F2NO2S. The minimum absolute atomic E-state index is 0.0457. The van der Waals surface area contributed by atoms with Gasteiger partial charge in [-0.15, -0.1) is 11.8 Å². The molecule has 0 fully saturated rings. The molecule has 1 rings (SSSR count). The van der Waals surface area contributed by atoms with E-state index in [9.17, 15) is 18.7 Å². The molecule has 0 aliphatic carbocycles. The smallest absolute Gasteiger partial charge is 0.323 e. The van der Waals surface area contributed by atoms with Crippen LogP contribution in [0.15, 0.2) is 23.1 Å². The molecule has 0 spiro atoms. The van der Waals surface area contributed by atoms with E-state index < -0.39 is 23.1 Å². The van der Waals surface area contributed by atoms with E-state index in [-0.39, 0.29) is 6.04 Å². The molecule has 3 nitrogen and oxygen atoms in total. The normalized spacial score (nSPS) is 14.3. The topological polar surface area (TPSA) is 49.3 Å². The molecule has 0 aliphatic rings. The second kappa shape index (κ2) is 7.04. The fourth-order valence-electron chi connectivity index (χ4n) is 1.82. The van der Waals surface area contributed by atoms with Crippen LogP contribution < -0.4 is 5.32 Å². The number of hydrogen-bond acceptors (Lipinski definition) is 3. The first-order valence-electron chi connectivity index (χ1n) is 6.33. The first-order valence-corrected chi connectivity index (χ1v) is 7.32. The predicted molar refractivity (Wildman–Crippen MR) is 76.0 cm³/mol. The van der Waals surface area contributed by atoms with Gasteiger partial charge in [0.15, 0.2) is 11.6 Å². The largest absolute Gasteiger partial charge is 0.480 e. The van der Waals surface area contributed by atoms with Gasteiger partial charge in [-0.3, -0.25) is 10.1 Å². The van der Waals surface area contributed by atoms with Crippen molar-refractivity contribution in [3.63, 3.8) is 0 Å². The van der Waals surface area contributed by atoms with Gasteiger partial charge >= 0.3 is 5.97 Å². The van der Waals surface area contributed by atoms with Crippen LogP contribution in [0.25, 0.3) is 0 Å². The van der Waals surface area contributed by atoms with Gasteiger partial charge in [0.1, 0.15) is 5.54 Å². The molecule has 0 heterocycles. The number of carboxylic acid groups (broad SMARTS) is 1. The van der Waals surface area contributed by atoms with Crippen molar-refractivity contribution in [2.75, 3.05) is 5.75 Å². The Morgan fingerprint density at radius 2 is 2.05 bits per heavy atom. The number of carbonyl (C=O) groups is 1. The summed E-state index contributed by atoms with van der Waals surface area (Å²) in [5, 5.41) is 12.3. The number of halogens is 2. The number of thioether (sulfide) groups is 1. The predicted octanol–water partition coefficient (Wildman–Crippen LogP) is 3.29.